The Bertz CT molecular complexity index is 900. The molecule has 2 aromatic rings. The summed E-state index contributed by atoms with van der Waals surface area (Å²) in [4.78, 5) is 28.6. The molecule has 0 aromatic heterocycles. The van der Waals surface area contributed by atoms with E-state index in [1.54, 1.807) is 56.3 Å². The van der Waals surface area contributed by atoms with Gasteiger partial charge < -0.3 is 19.3 Å². The van der Waals surface area contributed by atoms with E-state index in [1.165, 1.54) is 4.90 Å². The summed E-state index contributed by atoms with van der Waals surface area (Å²) >= 11 is 6.19. The van der Waals surface area contributed by atoms with E-state index in [1.807, 2.05) is 19.1 Å². The number of anilines is 1. The molecule has 7 heteroatoms. The maximum absolute atomic E-state index is 13.2. The zero-order valence-corrected chi connectivity index (χ0v) is 17.1. The van der Waals surface area contributed by atoms with E-state index < -0.39 is 12.2 Å². The molecule has 0 fully saturated rings. The van der Waals surface area contributed by atoms with E-state index in [9.17, 15) is 9.59 Å². The lowest BCUT2D eigenvalue weighted by molar-refractivity contribution is -0.136. The fraction of sp³-hybridized carbons (Fsp3) is 0.333. The maximum Gasteiger partial charge on any atom is 0.268 e. The predicted octanol–water partition coefficient (Wildman–Crippen LogP) is 3.30. The van der Waals surface area contributed by atoms with Gasteiger partial charge in [-0.15, -0.1) is 0 Å². The average Bonchev–Trinajstić information content (AvgIpc) is 2.68. The molecule has 28 heavy (non-hydrogen) atoms. The number of aryl methyl sites for hydroxylation is 1. The summed E-state index contributed by atoms with van der Waals surface area (Å²) in [6.45, 7) is 3.70. The van der Waals surface area contributed by atoms with Crippen molar-refractivity contribution < 1.29 is 19.1 Å². The molecule has 0 aliphatic carbocycles. The SMILES string of the molecule is Cc1ccc(Cl)c(O[C@H](C)C(=O)N2C[C@@H](C(=O)N(C)C)Oc3ccccc32)c1. The highest BCUT2D eigenvalue weighted by Gasteiger charge is 2.36. The topological polar surface area (TPSA) is 59.1 Å². The minimum atomic E-state index is -0.791. The molecule has 2 aromatic carbocycles. The van der Waals surface area contributed by atoms with Crippen LogP contribution in [0, 0.1) is 6.92 Å². The summed E-state index contributed by atoms with van der Waals surface area (Å²) < 4.78 is 11.7. The van der Waals surface area contributed by atoms with Crippen LogP contribution >= 0.6 is 11.6 Å². The van der Waals surface area contributed by atoms with Crippen molar-refractivity contribution in [1.29, 1.82) is 0 Å². The van der Waals surface area contributed by atoms with Gasteiger partial charge in [-0.05, 0) is 43.7 Å². The molecule has 1 aliphatic heterocycles. The fourth-order valence-corrected chi connectivity index (χ4v) is 3.18. The summed E-state index contributed by atoms with van der Waals surface area (Å²) in [6.07, 6.45) is -1.57. The van der Waals surface area contributed by atoms with Crippen molar-refractivity contribution in [1.82, 2.24) is 4.90 Å². The van der Waals surface area contributed by atoms with Crippen LogP contribution in [-0.2, 0) is 9.59 Å². The predicted molar refractivity (Wildman–Crippen MR) is 108 cm³/mol. The number of amides is 2. The summed E-state index contributed by atoms with van der Waals surface area (Å²) in [6, 6.07) is 12.5. The van der Waals surface area contributed by atoms with E-state index in [4.69, 9.17) is 21.1 Å². The van der Waals surface area contributed by atoms with Crippen LogP contribution in [0.4, 0.5) is 5.69 Å². The van der Waals surface area contributed by atoms with Gasteiger partial charge in [-0.2, -0.15) is 0 Å². The Morgan fingerprint density at radius 3 is 2.68 bits per heavy atom. The molecular weight excluding hydrogens is 380 g/mol. The maximum atomic E-state index is 13.2. The van der Waals surface area contributed by atoms with Crippen molar-refractivity contribution in [3.8, 4) is 11.5 Å². The molecular formula is C21H23ClN2O4. The van der Waals surface area contributed by atoms with E-state index >= 15 is 0 Å². The van der Waals surface area contributed by atoms with Crippen molar-refractivity contribution in [3.05, 3.63) is 53.1 Å². The highest BCUT2D eigenvalue weighted by atomic mass is 35.5. The number of para-hydroxylation sites is 2. The van der Waals surface area contributed by atoms with E-state index in [-0.39, 0.29) is 18.4 Å². The summed E-state index contributed by atoms with van der Waals surface area (Å²) in [7, 11) is 3.31. The van der Waals surface area contributed by atoms with Crippen LogP contribution in [0.25, 0.3) is 0 Å². The first-order valence-corrected chi connectivity index (χ1v) is 9.36. The minimum absolute atomic E-state index is 0.113. The first-order chi connectivity index (χ1) is 13.3. The molecule has 0 N–H and O–H groups in total. The molecule has 0 saturated heterocycles. The molecule has 148 valence electrons. The number of hydrogen-bond acceptors (Lipinski definition) is 4. The third kappa shape index (κ3) is 4.07. The van der Waals surface area contributed by atoms with Crippen molar-refractivity contribution in [2.75, 3.05) is 25.5 Å². The Labute approximate surface area is 169 Å². The summed E-state index contributed by atoms with van der Waals surface area (Å²) in [5, 5.41) is 0.438. The van der Waals surface area contributed by atoms with Gasteiger partial charge in [0.1, 0.15) is 11.5 Å². The second-order valence-electron chi connectivity index (χ2n) is 6.95. The Balaban J connectivity index is 1.86. The van der Waals surface area contributed by atoms with Crippen LogP contribution in [-0.4, -0.2) is 49.6 Å². The second-order valence-corrected chi connectivity index (χ2v) is 7.36. The number of carbonyl (C=O) groups is 2. The standard InChI is InChI=1S/C21H23ClN2O4/c1-13-9-10-15(22)18(11-13)27-14(2)20(25)24-12-19(21(26)23(3)4)28-17-8-6-5-7-16(17)24/h5-11,14,19H,12H2,1-4H3/t14-,19+/m1/s1. The lowest BCUT2D eigenvalue weighted by Crippen LogP contribution is -2.52. The largest absolute Gasteiger partial charge is 0.479 e. The zero-order valence-electron chi connectivity index (χ0n) is 16.3. The van der Waals surface area contributed by atoms with Gasteiger partial charge in [0.2, 0.25) is 0 Å². The number of carbonyl (C=O) groups excluding carboxylic acids is 2. The number of fused-ring (bicyclic) bond motifs is 1. The van der Waals surface area contributed by atoms with Gasteiger partial charge >= 0.3 is 0 Å². The van der Waals surface area contributed by atoms with E-state index in [2.05, 4.69) is 0 Å². The van der Waals surface area contributed by atoms with Crippen molar-refractivity contribution in [3.63, 3.8) is 0 Å². The Hall–Kier alpha value is -2.73. The van der Waals surface area contributed by atoms with Crippen LogP contribution < -0.4 is 14.4 Å². The zero-order chi connectivity index (χ0) is 20.4. The summed E-state index contributed by atoms with van der Waals surface area (Å²) in [5.41, 5.74) is 1.59. The van der Waals surface area contributed by atoms with Crippen LogP contribution in [0.3, 0.4) is 0 Å². The molecule has 2 amide bonds. The Morgan fingerprint density at radius 1 is 1.25 bits per heavy atom. The number of benzene rings is 2. The van der Waals surface area contributed by atoms with Crippen molar-refractivity contribution in [2.24, 2.45) is 0 Å². The second kappa shape index (κ2) is 8.10. The fourth-order valence-electron chi connectivity index (χ4n) is 3.02. The smallest absolute Gasteiger partial charge is 0.268 e. The number of hydrogen-bond donors (Lipinski definition) is 0. The van der Waals surface area contributed by atoms with Gasteiger partial charge in [-0.1, -0.05) is 29.8 Å². The van der Waals surface area contributed by atoms with Gasteiger partial charge in [-0.25, -0.2) is 0 Å². The number of nitrogens with zero attached hydrogens (tertiary/aromatic N) is 2. The highest BCUT2D eigenvalue weighted by molar-refractivity contribution is 6.32. The average molecular weight is 403 g/mol. The quantitative estimate of drug-likeness (QED) is 0.787. The van der Waals surface area contributed by atoms with Gasteiger partial charge in [-0.3, -0.25) is 9.59 Å². The first-order valence-electron chi connectivity index (χ1n) is 8.99. The number of ether oxygens (including phenoxy) is 2. The van der Waals surface area contributed by atoms with Gasteiger partial charge in [0.15, 0.2) is 12.2 Å². The molecule has 0 bridgehead atoms. The van der Waals surface area contributed by atoms with Crippen LogP contribution in [0.2, 0.25) is 5.02 Å². The van der Waals surface area contributed by atoms with Gasteiger partial charge in [0.25, 0.3) is 11.8 Å². The van der Waals surface area contributed by atoms with Crippen molar-refractivity contribution >= 4 is 29.1 Å². The van der Waals surface area contributed by atoms with Gasteiger partial charge in [0.05, 0.1) is 17.3 Å². The molecule has 1 heterocycles. The molecule has 0 spiro atoms. The van der Waals surface area contributed by atoms with Gasteiger partial charge in [0, 0.05) is 14.1 Å². The molecule has 3 rings (SSSR count). The normalized spacial score (nSPS) is 16.6. The molecule has 2 atom stereocenters. The number of rotatable bonds is 4. The lowest BCUT2D eigenvalue weighted by atomic mass is 10.1. The summed E-state index contributed by atoms with van der Waals surface area (Å²) in [5.74, 6) is 0.459. The third-order valence-electron chi connectivity index (χ3n) is 4.49. The monoisotopic (exact) mass is 402 g/mol. The van der Waals surface area contributed by atoms with Crippen LogP contribution in [0.5, 0.6) is 11.5 Å². The first kappa shape index (κ1) is 20.0. The van der Waals surface area contributed by atoms with E-state index in [0.29, 0.717) is 22.2 Å². The molecule has 0 radical (unpaired) electrons. The number of halogens is 1. The Morgan fingerprint density at radius 2 is 1.96 bits per heavy atom. The van der Waals surface area contributed by atoms with Crippen LogP contribution in [0.15, 0.2) is 42.5 Å². The van der Waals surface area contributed by atoms with Crippen molar-refractivity contribution in [2.45, 2.75) is 26.1 Å². The third-order valence-corrected chi connectivity index (χ3v) is 4.81. The molecule has 0 unspecified atom stereocenters. The molecule has 1 aliphatic rings. The molecule has 0 saturated carbocycles. The number of likely N-dealkylation sites (N-methyl/N-ethyl adjacent to an activating group) is 1. The van der Waals surface area contributed by atoms with Crippen LogP contribution in [0.1, 0.15) is 12.5 Å². The lowest BCUT2D eigenvalue weighted by Gasteiger charge is -2.36. The highest BCUT2D eigenvalue weighted by Crippen LogP contribution is 2.34. The minimum Gasteiger partial charge on any atom is -0.479 e. The van der Waals surface area contributed by atoms with E-state index in [0.717, 1.165) is 5.56 Å². The molecule has 6 nitrogen and oxygen atoms in total. The Kier molecular flexibility index (Phi) is 5.79.